The summed E-state index contributed by atoms with van der Waals surface area (Å²) in [5.74, 6) is -2.85. The minimum Gasteiger partial charge on any atom is -0.463 e. The second kappa shape index (κ2) is 16.0. The van der Waals surface area contributed by atoms with Gasteiger partial charge in [-0.2, -0.15) is 0 Å². The second-order valence-electron chi connectivity index (χ2n) is 17.8. The third-order valence-corrected chi connectivity index (χ3v) is 14.6. The molecule has 18 unspecified atom stereocenters. The van der Waals surface area contributed by atoms with E-state index in [0.29, 0.717) is 44.9 Å². The lowest BCUT2D eigenvalue weighted by Crippen LogP contribution is -2.67. The topological polar surface area (TPSA) is 243 Å². The van der Waals surface area contributed by atoms with Gasteiger partial charge in [0.05, 0.1) is 24.4 Å². The van der Waals surface area contributed by atoms with Crippen molar-refractivity contribution in [2.24, 2.45) is 34.5 Å². The minimum absolute atomic E-state index is 0.0647. The van der Waals surface area contributed by atoms with Crippen LogP contribution in [-0.4, -0.2) is 142 Å². The third-order valence-electron chi connectivity index (χ3n) is 14.6. The largest absolute Gasteiger partial charge is 0.463 e. The molecule has 320 valence electrons. The van der Waals surface area contributed by atoms with Gasteiger partial charge >= 0.3 is 23.9 Å². The Morgan fingerprint density at radius 1 is 0.842 bits per heavy atom. The Hall–Kier alpha value is -2.74. The van der Waals surface area contributed by atoms with E-state index in [4.69, 9.17) is 37.9 Å². The van der Waals surface area contributed by atoms with Crippen LogP contribution in [0.4, 0.5) is 0 Å². The Bertz CT molecular complexity index is 1590. The Balaban J connectivity index is 1.11. The van der Waals surface area contributed by atoms with Crippen LogP contribution in [0.25, 0.3) is 0 Å². The summed E-state index contributed by atoms with van der Waals surface area (Å²) in [4.78, 5) is 49.1. The van der Waals surface area contributed by atoms with Gasteiger partial charge < -0.3 is 63.4 Å². The van der Waals surface area contributed by atoms with E-state index in [2.05, 4.69) is 13.8 Å². The first-order valence-electron chi connectivity index (χ1n) is 20.2. The van der Waals surface area contributed by atoms with Crippen LogP contribution in [0.15, 0.2) is 11.6 Å². The van der Waals surface area contributed by atoms with Crippen molar-refractivity contribution in [3.63, 3.8) is 0 Å². The smallest absolute Gasteiger partial charge is 0.331 e. The lowest BCUT2D eigenvalue weighted by Gasteiger charge is -2.65. The molecule has 0 radical (unpaired) electrons. The van der Waals surface area contributed by atoms with Crippen molar-refractivity contribution in [1.29, 1.82) is 0 Å². The average molecular weight is 811 g/mol. The molecule has 18 atom stereocenters. The van der Waals surface area contributed by atoms with Crippen molar-refractivity contribution in [2.45, 2.75) is 159 Å². The molecule has 0 aromatic heterocycles. The van der Waals surface area contributed by atoms with Gasteiger partial charge in [-0.3, -0.25) is 14.4 Å². The summed E-state index contributed by atoms with van der Waals surface area (Å²) in [5.41, 5.74) is -1.10. The van der Waals surface area contributed by atoms with Gasteiger partial charge in [-0.15, -0.1) is 0 Å². The van der Waals surface area contributed by atoms with Crippen LogP contribution < -0.4 is 0 Å². The van der Waals surface area contributed by atoms with E-state index in [1.54, 1.807) is 6.08 Å². The van der Waals surface area contributed by atoms with Gasteiger partial charge in [0.1, 0.15) is 43.7 Å². The maximum Gasteiger partial charge on any atom is 0.331 e. The molecule has 0 aromatic carbocycles. The zero-order chi connectivity index (χ0) is 41.2. The first-order chi connectivity index (χ1) is 26.9. The third kappa shape index (κ3) is 7.65. The fraction of sp³-hybridized carbons (Fsp3) is 0.850. The van der Waals surface area contributed by atoms with Crippen LogP contribution in [-0.2, 0) is 57.1 Å². The fourth-order valence-electron chi connectivity index (χ4n) is 12.0. The first kappa shape index (κ1) is 42.4. The average Bonchev–Trinajstić information content (AvgIpc) is 3.68. The number of aliphatic hydroxyl groups excluding tert-OH is 4. The molecule has 4 saturated carbocycles. The highest BCUT2D eigenvalue weighted by molar-refractivity contribution is 5.85. The molecule has 17 nitrogen and oxygen atoms in total. The predicted octanol–water partition coefficient (Wildman–Crippen LogP) is 0.575. The molecule has 7 rings (SSSR count). The van der Waals surface area contributed by atoms with E-state index < -0.39 is 110 Å². The molecule has 0 spiro atoms. The zero-order valence-electron chi connectivity index (χ0n) is 33.2. The van der Waals surface area contributed by atoms with Gasteiger partial charge in [-0.25, -0.2) is 4.79 Å². The van der Waals surface area contributed by atoms with Crippen LogP contribution in [0.1, 0.15) is 86.0 Å². The van der Waals surface area contributed by atoms with Crippen LogP contribution in [0.3, 0.4) is 0 Å². The maximum absolute atomic E-state index is 12.6. The summed E-state index contributed by atoms with van der Waals surface area (Å²) < 4.78 is 46.4. The van der Waals surface area contributed by atoms with E-state index in [9.17, 15) is 44.7 Å². The Kier molecular flexibility index (Phi) is 11.9. The van der Waals surface area contributed by atoms with Crippen molar-refractivity contribution >= 4 is 23.9 Å². The van der Waals surface area contributed by atoms with E-state index >= 15 is 0 Å². The zero-order valence-corrected chi connectivity index (χ0v) is 33.2. The second-order valence-corrected chi connectivity index (χ2v) is 17.8. The molecular formula is C40H58O17. The number of cyclic esters (lactones) is 1. The van der Waals surface area contributed by atoms with E-state index in [1.807, 2.05) is 0 Å². The van der Waals surface area contributed by atoms with Gasteiger partial charge in [0.25, 0.3) is 0 Å². The molecule has 57 heavy (non-hydrogen) atoms. The van der Waals surface area contributed by atoms with Crippen LogP contribution in [0.5, 0.6) is 0 Å². The van der Waals surface area contributed by atoms with Crippen LogP contribution >= 0.6 is 0 Å². The molecule has 3 heterocycles. The Morgan fingerprint density at radius 3 is 2.23 bits per heavy atom. The summed E-state index contributed by atoms with van der Waals surface area (Å²) in [5, 5.41) is 55.7. The summed E-state index contributed by atoms with van der Waals surface area (Å²) >= 11 is 0. The number of aliphatic hydroxyl groups is 5. The summed E-state index contributed by atoms with van der Waals surface area (Å²) in [6.45, 7) is 7.16. The first-order valence-corrected chi connectivity index (χ1v) is 20.2. The number of hydrogen-bond acceptors (Lipinski definition) is 17. The normalized spacial score (nSPS) is 48.1. The standard InChI is InChI=1S/C40H58O17/c1-18(41)50-17-28-33(57-36-32(48)31(47)27(45)16-52-36)34(53-19(2)42)35(54-20(3)43)37(56-28)55-23-8-10-38(4)22(13-23)6-7-25-30(38)26(44)14-39(5)24(9-11-40(25,39)49)21-12-29(46)51-15-21/h12,22-28,30-37,44-45,47-49H,6-11,13-17H2,1-5H3. The fourth-order valence-corrected chi connectivity index (χ4v) is 12.0. The Morgan fingerprint density at radius 2 is 1.56 bits per heavy atom. The monoisotopic (exact) mass is 810 g/mol. The van der Waals surface area contributed by atoms with Gasteiger partial charge in [0, 0.05) is 32.3 Å². The molecule has 3 aliphatic heterocycles. The summed E-state index contributed by atoms with van der Waals surface area (Å²) in [7, 11) is 0. The number of ether oxygens (including phenoxy) is 8. The van der Waals surface area contributed by atoms with Crippen LogP contribution in [0.2, 0.25) is 0 Å². The molecule has 6 fully saturated rings. The number of carbonyl (C=O) groups excluding carboxylic acids is 4. The van der Waals surface area contributed by atoms with Crippen molar-refractivity contribution in [2.75, 3.05) is 19.8 Å². The molecule has 0 bridgehead atoms. The number of carbonyl (C=O) groups is 4. The summed E-state index contributed by atoms with van der Waals surface area (Å²) in [6, 6.07) is 0. The highest BCUT2D eigenvalue weighted by Gasteiger charge is 2.70. The summed E-state index contributed by atoms with van der Waals surface area (Å²) in [6.07, 6.45) is -7.77. The lowest BCUT2D eigenvalue weighted by molar-refractivity contribution is -0.356. The number of hydrogen-bond donors (Lipinski definition) is 5. The van der Waals surface area contributed by atoms with Crippen molar-refractivity contribution < 1.29 is 82.6 Å². The number of fused-ring (bicyclic) bond motifs is 5. The van der Waals surface area contributed by atoms with Gasteiger partial charge in [0.15, 0.2) is 24.8 Å². The van der Waals surface area contributed by atoms with Crippen molar-refractivity contribution in [3.8, 4) is 0 Å². The molecule has 2 saturated heterocycles. The molecule has 7 aliphatic rings. The molecule has 17 heteroatoms. The van der Waals surface area contributed by atoms with Gasteiger partial charge in [-0.05, 0) is 86.0 Å². The SMILES string of the molecule is CC(=O)OCC1OC(OC2CCC3(C)C(CCC4C3C(O)CC3(C)C(C5=CC(=O)OC5)CCC43O)C2)C(OC(C)=O)C(OC(C)=O)C1OC1OCC(O)C(O)C1O. The minimum atomic E-state index is -1.73. The van der Waals surface area contributed by atoms with Gasteiger partial charge in [-0.1, -0.05) is 13.8 Å². The number of rotatable bonds is 9. The van der Waals surface area contributed by atoms with Crippen LogP contribution in [0, 0.1) is 34.5 Å². The van der Waals surface area contributed by atoms with E-state index in [-0.39, 0.29) is 41.7 Å². The number of esters is 4. The van der Waals surface area contributed by atoms with E-state index in [0.717, 1.165) is 25.8 Å². The molecule has 0 amide bonds. The molecule has 4 aliphatic carbocycles. The maximum atomic E-state index is 12.6. The van der Waals surface area contributed by atoms with Gasteiger partial charge in [0.2, 0.25) is 0 Å². The van der Waals surface area contributed by atoms with Crippen molar-refractivity contribution in [3.05, 3.63) is 11.6 Å². The highest BCUT2D eigenvalue weighted by atomic mass is 16.8. The lowest BCUT2D eigenvalue weighted by atomic mass is 9.42. The van der Waals surface area contributed by atoms with Crippen molar-refractivity contribution in [1.82, 2.24) is 0 Å². The Labute approximate surface area is 331 Å². The predicted molar refractivity (Wildman–Crippen MR) is 191 cm³/mol. The van der Waals surface area contributed by atoms with E-state index in [1.165, 1.54) is 6.92 Å². The molecule has 5 N–H and O–H groups in total. The highest BCUT2D eigenvalue weighted by Crippen LogP contribution is 2.70. The molecular weight excluding hydrogens is 752 g/mol. The quantitative estimate of drug-likeness (QED) is 0.121. The molecule has 0 aromatic rings.